The molecule has 1 heterocycles. The molecule has 0 bridgehead atoms. The van der Waals surface area contributed by atoms with E-state index in [1.54, 1.807) is 19.1 Å². The van der Waals surface area contributed by atoms with E-state index in [-0.39, 0.29) is 22.2 Å². The van der Waals surface area contributed by atoms with Crippen molar-refractivity contribution in [1.82, 2.24) is 15.1 Å². The van der Waals surface area contributed by atoms with Gasteiger partial charge in [-0.1, -0.05) is 54.1 Å². The summed E-state index contributed by atoms with van der Waals surface area (Å²) < 4.78 is 29.1. The van der Waals surface area contributed by atoms with Crippen LogP contribution in [-0.2, 0) is 32.5 Å². The van der Waals surface area contributed by atoms with E-state index in [2.05, 4.69) is 10.4 Å². The highest BCUT2D eigenvalue weighted by Crippen LogP contribution is 2.22. The molecule has 1 amide bonds. The molecular formula is C22H23ClN4O5S. The Morgan fingerprint density at radius 1 is 1.09 bits per heavy atom. The average Bonchev–Trinajstić information content (AvgIpc) is 3.05. The van der Waals surface area contributed by atoms with Gasteiger partial charge in [0.05, 0.1) is 17.1 Å². The number of sulfonamides is 1. The van der Waals surface area contributed by atoms with E-state index >= 15 is 0 Å². The molecule has 2 aromatic carbocycles. The maximum Gasteiger partial charge on any atom is 0.343 e. The van der Waals surface area contributed by atoms with Gasteiger partial charge in [-0.05, 0) is 36.6 Å². The first-order valence-corrected chi connectivity index (χ1v) is 11.9. The van der Waals surface area contributed by atoms with Crippen LogP contribution < -0.4 is 10.5 Å². The summed E-state index contributed by atoms with van der Waals surface area (Å²) in [4.78, 5) is 24.5. The Bertz CT molecular complexity index is 1240. The highest BCUT2D eigenvalue weighted by molar-refractivity contribution is 7.89. The Kier molecular flexibility index (Phi) is 7.85. The second-order valence-electron chi connectivity index (χ2n) is 7.26. The monoisotopic (exact) mass is 490 g/mol. The summed E-state index contributed by atoms with van der Waals surface area (Å²) in [7, 11) is -3.75. The molecule has 1 aromatic heterocycles. The number of primary sulfonamides is 1. The van der Waals surface area contributed by atoms with Crippen LogP contribution in [0.3, 0.4) is 0 Å². The van der Waals surface area contributed by atoms with Crippen LogP contribution in [-0.4, -0.2) is 43.2 Å². The predicted octanol–water partition coefficient (Wildman–Crippen LogP) is 2.06. The zero-order chi connectivity index (χ0) is 24.0. The summed E-state index contributed by atoms with van der Waals surface area (Å²) in [5, 5.41) is 12.1. The summed E-state index contributed by atoms with van der Waals surface area (Å²) in [5.74, 6) is -1.21. The minimum absolute atomic E-state index is 0.0169. The maximum absolute atomic E-state index is 12.5. The number of nitrogens with two attached hydrogens (primary N) is 1. The maximum atomic E-state index is 12.5. The van der Waals surface area contributed by atoms with Crippen LogP contribution in [0, 0.1) is 6.92 Å². The summed E-state index contributed by atoms with van der Waals surface area (Å²) in [6.45, 7) is 1.85. The molecule has 11 heteroatoms. The average molecular weight is 491 g/mol. The Morgan fingerprint density at radius 2 is 1.76 bits per heavy atom. The summed E-state index contributed by atoms with van der Waals surface area (Å²) in [5.41, 5.74) is 2.31. The van der Waals surface area contributed by atoms with Crippen molar-refractivity contribution in [3.63, 3.8) is 0 Å². The number of carbonyl (C=O) groups excluding carboxylic acids is 2. The SMILES string of the molecule is Cc1nn(Cc2ccccc2)c(Cl)c1C(=O)OCC(=O)NCCc1ccc(S(N)(=O)=O)cc1. The normalized spacial score (nSPS) is 11.2. The van der Waals surface area contributed by atoms with Gasteiger partial charge in [-0.2, -0.15) is 5.10 Å². The Labute approximate surface area is 196 Å². The molecule has 33 heavy (non-hydrogen) atoms. The number of aromatic nitrogens is 2. The van der Waals surface area contributed by atoms with Gasteiger partial charge in [0.15, 0.2) is 6.61 Å². The number of hydrogen-bond acceptors (Lipinski definition) is 6. The first kappa shape index (κ1) is 24.4. The molecule has 0 atom stereocenters. The van der Waals surface area contributed by atoms with E-state index in [1.807, 2.05) is 30.3 Å². The van der Waals surface area contributed by atoms with Crippen molar-refractivity contribution in [1.29, 1.82) is 0 Å². The molecule has 0 aliphatic heterocycles. The third kappa shape index (κ3) is 6.64. The molecule has 9 nitrogen and oxygen atoms in total. The van der Waals surface area contributed by atoms with Crippen molar-refractivity contribution in [3.8, 4) is 0 Å². The molecule has 0 radical (unpaired) electrons. The van der Waals surface area contributed by atoms with Gasteiger partial charge >= 0.3 is 5.97 Å². The fraction of sp³-hybridized carbons (Fsp3) is 0.227. The number of ether oxygens (including phenoxy) is 1. The van der Waals surface area contributed by atoms with Crippen molar-refractivity contribution in [2.75, 3.05) is 13.2 Å². The van der Waals surface area contributed by atoms with E-state index in [4.69, 9.17) is 21.5 Å². The highest BCUT2D eigenvalue weighted by Gasteiger charge is 2.22. The molecule has 0 fully saturated rings. The summed E-state index contributed by atoms with van der Waals surface area (Å²) >= 11 is 6.33. The number of hydrogen-bond donors (Lipinski definition) is 2. The predicted molar refractivity (Wildman–Crippen MR) is 122 cm³/mol. The number of rotatable bonds is 9. The molecule has 0 unspecified atom stereocenters. The number of nitrogens with zero attached hydrogens (tertiary/aromatic N) is 2. The quantitative estimate of drug-likeness (QED) is 0.441. The number of halogens is 1. The molecule has 3 N–H and O–H groups in total. The van der Waals surface area contributed by atoms with Crippen LogP contribution >= 0.6 is 11.6 Å². The lowest BCUT2D eigenvalue weighted by Crippen LogP contribution is -2.30. The van der Waals surface area contributed by atoms with Crippen molar-refractivity contribution < 1.29 is 22.7 Å². The molecule has 0 aliphatic rings. The standard InChI is InChI=1S/C22H23ClN4O5S/c1-15-20(21(23)27(26-15)13-17-5-3-2-4-6-17)22(29)32-14-19(28)25-12-11-16-7-9-18(10-8-16)33(24,30)31/h2-10H,11-14H2,1H3,(H,25,28)(H2,24,30,31). The van der Waals surface area contributed by atoms with Gasteiger partial charge in [-0.25, -0.2) is 23.0 Å². The van der Waals surface area contributed by atoms with Crippen LogP contribution in [0.15, 0.2) is 59.5 Å². The molecular weight excluding hydrogens is 468 g/mol. The lowest BCUT2D eigenvalue weighted by molar-refractivity contribution is -0.124. The van der Waals surface area contributed by atoms with Crippen LogP contribution in [0.2, 0.25) is 5.15 Å². The molecule has 174 valence electrons. The zero-order valence-corrected chi connectivity index (χ0v) is 19.4. The fourth-order valence-corrected chi connectivity index (χ4v) is 3.92. The van der Waals surface area contributed by atoms with Gasteiger partial charge in [-0.3, -0.25) is 4.79 Å². The molecule has 3 rings (SSSR count). The summed E-state index contributed by atoms with van der Waals surface area (Å²) in [6.07, 6.45) is 0.460. The number of amides is 1. The van der Waals surface area contributed by atoms with E-state index in [1.165, 1.54) is 16.8 Å². The molecule has 0 saturated carbocycles. The molecule has 0 spiro atoms. The third-order valence-corrected chi connectivity index (χ3v) is 6.08. The van der Waals surface area contributed by atoms with Gasteiger partial charge in [0, 0.05) is 6.54 Å². The highest BCUT2D eigenvalue weighted by atomic mass is 35.5. The Hall–Kier alpha value is -3.21. The lowest BCUT2D eigenvalue weighted by atomic mass is 10.1. The van der Waals surface area contributed by atoms with Gasteiger partial charge in [0.2, 0.25) is 10.0 Å². The second-order valence-corrected chi connectivity index (χ2v) is 9.18. The minimum Gasteiger partial charge on any atom is -0.452 e. The van der Waals surface area contributed by atoms with E-state index in [0.29, 0.717) is 18.7 Å². The molecule has 0 saturated heterocycles. The number of aryl methyl sites for hydroxylation is 1. The smallest absolute Gasteiger partial charge is 0.343 e. The third-order valence-electron chi connectivity index (χ3n) is 4.77. The first-order valence-electron chi connectivity index (χ1n) is 9.97. The topological polar surface area (TPSA) is 133 Å². The second kappa shape index (κ2) is 10.6. The Morgan fingerprint density at radius 3 is 2.39 bits per heavy atom. The van der Waals surface area contributed by atoms with Gasteiger partial charge < -0.3 is 10.1 Å². The summed E-state index contributed by atoms with van der Waals surface area (Å²) in [6, 6.07) is 15.6. The van der Waals surface area contributed by atoms with E-state index in [9.17, 15) is 18.0 Å². The van der Waals surface area contributed by atoms with Crippen LogP contribution in [0.1, 0.15) is 27.2 Å². The first-order chi connectivity index (χ1) is 15.6. The van der Waals surface area contributed by atoms with Crippen molar-refractivity contribution in [3.05, 3.63) is 82.1 Å². The van der Waals surface area contributed by atoms with Crippen LogP contribution in [0.4, 0.5) is 0 Å². The van der Waals surface area contributed by atoms with Crippen molar-refractivity contribution in [2.24, 2.45) is 5.14 Å². The number of benzene rings is 2. The van der Waals surface area contributed by atoms with Crippen molar-refractivity contribution >= 4 is 33.5 Å². The van der Waals surface area contributed by atoms with Crippen LogP contribution in [0.5, 0.6) is 0 Å². The Balaban J connectivity index is 1.49. The fourth-order valence-electron chi connectivity index (χ4n) is 3.09. The molecule has 0 aliphatic carbocycles. The van der Waals surface area contributed by atoms with Crippen molar-refractivity contribution in [2.45, 2.75) is 24.8 Å². The van der Waals surface area contributed by atoms with Gasteiger partial charge in [0.1, 0.15) is 10.7 Å². The minimum atomic E-state index is -3.75. The van der Waals surface area contributed by atoms with E-state index in [0.717, 1.165) is 11.1 Å². The van der Waals surface area contributed by atoms with Gasteiger partial charge in [0.25, 0.3) is 5.91 Å². The zero-order valence-electron chi connectivity index (χ0n) is 17.8. The number of esters is 1. The largest absolute Gasteiger partial charge is 0.452 e. The number of nitrogens with one attached hydrogen (secondary N) is 1. The number of carbonyl (C=O) groups is 2. The molecule has 3 aromatic rings. The van der Waals surface area contributed by atoms with Gasteiger partial charge in [-0.15, -0.1) is 0 Å². The van der Waals surface area contributed by atoms with Crippen LogP contribution in [0.25, 0.3) is 0 Å². The van der Waals surface area contributed by atoms with E-state index < -0.39 is 28.5 Å². The lowest BCUT2D eigenvalue weighted by Gasteiger charge is -2.07.